The molecule has 0 fully saturated rings. The van der Waals surface area contributed by atoms with Gasteiger partial charge in [-0.1, -0.05) is 0 Å². The van der Waals surface area contributed by atoms with Crippen LogP contribution in [-0.2, 0) is 7.05 Å². The molecule has 0 bridgehead atoms. The van der Waals surface area contributed by atoms with Gasteiger partial charge in [0.05, 0.1) is 29.0 Å². The molecule has 7 nitrogen and oxygen atoms in total. The molecule has 5 N–H and O–H groups in total. The van der Waals surface area contributed by atoms with Crippen LogP contribution in [0.1, 0.15) is 5.56 Å². The third kappa shape index (κ3) is 5.62. The molecule has 0 radical (unpaired) electrons. The number of alkyl halides is 6. The van der Waals surface area contributed by atoms with Crippen molar-refractivity contribution in [1.29, 1.82) is 0 Å². The Morgan fingerprint density at radius 2 is 1.77 bits per heavy atom. The standard InChI is InChI=1S/C20H16F8N6O/c1-34-8-32-16(12-4-9(2-3-31-12)15(29)18(33-30)20(26,27)28)17(34)14-11(22)5-10(21)6-13(14)35-7-19(23,24)25/h2-6,8,33H,7,29-30H2,1H3/b18-15-. The topological polar surface area (TPSA) is 104 Å². The minimum Gasteiger partial charge on any atom is -0.483 e. The molecule has 3 aromatic rings. The van der Waals surface area contributed by atoms with Crippen LogP contribution in [0, 0.1) is 11.6 Å². The molecule has 0 saturated heterocycles. The zero-order valence-corrected chi connectivity index (χ0v) is 17.6. The van der Waals surface area contributed by atoms with E-state index in [1.54, 1.807) is 0 Å². The number of imidazole rings is 1. The molecule has 2 aromatic heterocycles. The summed E-state index contributed by atoms with van der Waals surface area (Å²) in [6.07, 6.45) is -7.48. The maximum atomic E-state index is 14.8. The molecule has 188 valence electrons. The van der Waals surface area contributed by atoms with Crippen LogP contribution in [0.15, 0.2) is 42.5 Å². The summed E-state index contributed by atoms with van der Waals surface area (Å²) >= 11 is 0. The zero-order chi connectivity index (χ0) is 26.1. The van der Waals surface area contributed by atoms with Crippen LogP contribution in [0.25, 0.3) is 28.3 Å². The predicted octanol–water partition coefficient (Wildman–Crippen LogP) is 4.02. The Labute approximate surface area is 192 Å². The predicted molar refractivity (Wildman–Crippen MR) is 108 cm³/mol. The second-order valence-electron chi connectivity index (χ2n) is 7.08. The average Bonchev–Trinajstić information content (AvgIpc) is 3.12. The summed E-state index contributed by atoms with van der Waals surface area (Å²) in [5.74, 6) is 1.71. The highest BCUT2D eigenvalue weighted by molar-refractivity contribution is 5.82. The minimum atomic E-state index is -4.92. The molecule has 0 unspecified atom stereocenters. The van der Waals surface area contributed by atoms with Crippen molar-refractivity contribution in [3.63, 3.8) is 0 Å². The van der Waals surface area contributed by atoms with Crippen molar-refractivity contribution >= 4 is 5.70 Å². The van der Waals surface area contributed by atoms with Gasteiger partial charge in [0.2, 0.25) is 0 Å². The van der Waals surface area contributed by atoms with E-state index in [2.05, 4.69) is 14.7 Å². The smallest absolute Gasteiger partial charge is 0.434 e. The van der Waals surface area contributed by atoms with Crippen LogP contribution in [-0.4, -0.2) is 33.5 Å². The van der Waals surface area contributed by atoms with Crippen LogP contribution in [0.4, 0.5) is 35.1 Å². The second-order valence-corrected chi connectivity index (χ2v) is 7.08. The number of ether oxygens (including phenoxy) is 1. The van der Waals surface area contributed by atoms with Crippen LogP contribution in [0.2, 0.25) is 0 Å². The van der Waals surface area contributed by atoms with Gasteiger partial charge in [-0.25, -0.2) is 13.8 Å². The molecule has 0 aliphatic rings. The van der Waals surface area contributed by atoms with Gasteiger partial charge in [0, 0.05) is 30.9 Å². The lowest BCUT2D eigenvalue weighted by Gasteiger charge is -2.16. The Hall–Kier alpha value is -3.88. The van der Waals surface area contributed by atoms with E-state index in [1.807, 2.05) is 0 Å². The highest BCUT2D eigenvalue weighted by atomic mass is 19.4. The SMILES string of the molecule is Cn1cnc(-c2cc(/C(N)=C(/NN)C(F)(F)F)ccn2)c1-c1c(F)cc(F)cc1OCC(F)(F)F. The number of benzene rings is 1. The Bertz CT molecular complexity index is 1270. The van der Waals surface area contributed by atoms with E-state index in [1.165, 1.54) is 17.0 Å². The van der Waals surface area contributed by atoms with Crippen LogP contribution < -0.4 is 21.7 Å². The lowest BCUT2D eigenvalue weighted by molar-refractivity contribution is -0.153. The molecule has 35 heavy (non-hydrogen) atoms. The van der Waals surface area contributed by atoms with E-state index in [-0.39, 0.29) is 22.6 Å². The first-order chi connectivity index (χ1) is 16.2. The highest BCUT2D eigenvalue weighted by Gasteiger charge is 2.36. The van der Waals surface area contributed by atoms with Crippen molar-refractivity contribution < 1.29 is 39.9 Å². The summed E-state index contributed by atoms with van der Waals surface area (Å²) < 4.78 is 112. The summed E-state index contributed by atoms with van der Waals surface area (Å²) in [6.45, 7) is -1.84. The number of hydrogen-bond acceptors (Lipinski definition) is 6. The van der Waals surface area contributed by atoms with Crippen LogP contribution in [0.3, 0.4) is 0 Å². The normalized spacial score (nSPS) is 13.0. The molecule has 3 rings (SSSR count). The monoisotopic (exact) mass is 508 g/mol. The van der Waals surface area contributed by atoms with Gasteiger partial charge in [-0.05, 0) is 12.1 Å². The van der Waals surface area contributed by atoms with Gasteiger partial charge in [0.1, 0.15) is 23.1 Å². The maximum Gasteiger partial charge on any atom is 0.434 e. The Morgan fingerprint density at radius 1 is 1.09 bits per heavy atom. The second kappa shape index (κ2) is 9.40. The number of rotatable bonds is 6. The quantitative estimate of drug-likeness (QED) is 0.264. The van der Waals surface area contributed by atoms with Gasteiger partial charge in [0.15, 0.2) is 12.3 Å². The number of pyridine rings is 1. The third-order valence-corrected chi connectivity index (χ3v) is 4.59. The number of hydrazine groups is 1. The Balaban J connectivity index is 2.19. The van der Waals surface area contributed by atoms with Crippen molar-refractivity contribution in [2.45, 2.75) is 12.4 Å². The van der Waals surface area contributed by atoms with Gasteiger partial charge < -0.3 is 20.5 Å². The molecule has 0 amide bonds. The van der Waals surface area contributed by atoms with Gasteiger partial charge in [-0.15, -0.1) is 0 Å². The van der Waals surface area contributed by atoms with E-state index >= 15 is 0 Å². The summed E-state index contributed by atoms with van der Waals surface area (Å²) in [4.78, 5) is 8.03. The third-order valence-electron chi connectivity index (χ3n) is 4.59. The molecule has 1 aromatic carbocycles. The highest BCUT2D eigenvalue weighted by Crippen LogP contribution is 2.39. The van der Waals surface area contributed by atoms with Crippen molar-refractivity contribution in [3.8, 4) is 28.4 Å². The van der Waals surface area contributed by atoms with Gasteiger partial charge >= 0.3 is 12.4 Å². The van der Waals surface area contributed by atoms with Crippen molar-refractivity contribution in [1.82, 2.24) is 20.0 Å². The van der Waals surface area contributed by atoms with Crippen LogP contribution >= 0.6 is 0 Å². The molecular formula is C20H16F8N6O. The fourth-order valence-electron chi connectivity index (χ4n) is 3.15. The number of allylic oxidation sites excluding steroid dienone is 1. The summed E-state index contributed by atoms with van der Waals surface area (Å²) in [6, 6.07) is 3.22. The molecule has 2 heterocycles. The lowest BCUT2D eigenvalue weighted by Crippen LogP contribution is -2.34. The molecule has 0 saturated carbocycles. The van der Waals surface area contributed by atoms with E-state index < -0.39 is 53.3 Å². The van der Waals surface area contributed by atoms with Gasteiger partial charge in [0.25, 0.3) is 0 Å². The maximum absolute atomic E-state index is 14.8. The average molecular weight is 508 g/mol. The summed E-state index contributed by atoms with van der Waals surface area (Å²) in [5, 5.41) is 0. The zero-order valence-electron chi connectivity index (χ0n) is 17.6. The number of nitrogens with one attached hydrogen (secondary N) is 1. The van der Waals surface area contributed by atoms with Gasteiger partial charge in [-0.2, -0.15) is 26.3 Å². The fraction of sp³-hybridized carbons (Fsp3) is 0.200. The molecule has 0 aliphatic carbocycles. The molecule has 0 spiro atoms. The van der Waals surface area contributed by atoms with Crippen molar-refractivity contribution in [2.24, 2.45) is 18.6 Å². The van der Waals surface area contributed by atoms with E-state index in [0.717, 1.165) is 24.7 Å². The first kappa shape index (κ1) is 25.7. The van der Waals surface area contributed by atoms with Crippen molar-refractivity contribution in [3.05, 3.63) is 59.7 Å². The minimum absolute atomic E-state index is 0.120. The first-order valence-corrected chi connectivity index (χ1v) is 9.43. The number of nitrogens with zero attached hydrogens (tertiary/aromatic N) is 3. The summed E-state index contributed by atoms with van der Waals surface area (Å²) in [7, 11) is 1.36. The number of aryl methyl sites for hydroxylation is 1. The first-order valence-electron chi connectivity index (χ1n) is 9.43. The summed E-state index contributed by atoms with van der Waals surface area (Å²) in [5.41, 5.74) is 3.66. The van der Waals surface area contributed by atoms with E-state index in [9.17, 15) is 35.1 Å². The Morgan fingerprint density at radius 3 is 2.37 bits per heavy atom. The lowest BCUT2D eigenvalue weighted by atomic mass is 10.0. The number of halogens is 8. The number of nitrogens with two attached hydrogens (primary N) is 2. The largest absolute Gasteiger partial charge is 0.483 e. The van der Waals surface area contributed by atoms with E-state index in [4.69, 9.17) is 11.6 Å². The van der Waals surface area contributed by atoms with Crippen LogP contribution in [0.5, 0.6) is 5.75 Å². The van der Waals surface area contributed by atoms with Crippen molar-refractivity contribution in [2.75, 3.05) is 6.61 Å². The number of hydrogen-bond donors (Lipinski definition) is 3. The molecule has 0 atom stereocenters. The Kier molecular flexibility index (Phi) is 6.91. The van der Waals surface area contributed by atoms with Gasteiger partial charge in [-0.3, -0.25) is 10.8 Å². The molecule has 0 aliphatic heterocycles. The molecule has 15 heteroatoms. The molecular weight excluding hydrogens is 492 g/mol. The fourth-order valence-corrected chi connectivity index (χ4v) is 3.15. The van der Waals surface area contributed by atoms with E-state index in [0.29, 0.717) is 12.1 Å². The number of aromatic nitrogens is 3.